The monoisotopic (exact) mass is 299 g/mol. The van der Waals surface area contributed by atoms with Crippen molar-refractivity contribution in [1.82, 2.24) is 0 Å². The summed E-state index contributed by atoms with van der Waals surface area (Å²) in [7, 11) is 6.57. The lowest BCUT2D eigenvalue weighted by molar-refractivity contribution is -0.874. The number of aliphatic hydroxyl groups is 1. The van der Waals surface area contributed by atoms with E-state index in [0.717, 1.165) is 11.0 Å². The molecule has 0 unspecified atom stereocenters. The number of aliphatic hydroxyl groups excluding tert-OH is 1. The van der Waals surface area contributed by atoms with Crippen LogP contribution < -0.4 is 24.0 Å². The Kier molecular flexibility index (Phi) is 5.18. The highest BCUT2D eigenvalue weighted by molar-refractivity contribution is 4.81. The van der Waals surface area contributed by atoms with Gasteiger partial charge in [0, 0.05) is 5.92 Å². The van der Waals surface area contributed by atoms with Crippen molar-refractivity contribution in [3.63, 3.8) is 0 Å². The van der Waals surface area contributed by atoms with Crippen LogP contribution in [0.3, 0.4) is 0 Å². The van der Waals surface area contributed by atoms with E-state index >= 15 is 0 Å². The topological polar surface area (TPSA) is 20.2 Å². The molecule has 13 heavy (non-hydrogen) atoms. The second kappa shape index (κ2) is 4.94. The van der Waals surface area contributed by atoms with Gasteiger partial charge in [0.2, 0.25) is 0 Å². The molecule has 1 rings (SSSR count). The van der Waals surface area contributed by atoms with E-state index in [9.17, 15) is 5.11 Å². The van der Waals surface area contributed by atoms with Crippen molar-refractivity contribution < 1.29 is 33.6 Å². The molecule has 1 N–H and O–H groups in total. The second-order valence-corrected chi connectivity index (χ2v) is 5.28. The molecule has 1 aliphatic rings. The van der Waals surface area contributed by atoms with Gasteiger partial charge in [-0.2, -0.15) is 0 Å². The minimum atomic E-state index is -0.0534. The molecule has 80 valence electrons. The molecular weight excluding hydrogens is 277 g/mol. The molecule has 1 fully saturated rings. The standard InChI is InChI=1S/C10H22NO.HI/c1-8-5-6-9(10(8)12)7-11(2,3)4;/h8-10,12H,5-7H2,1-4H3;1H/q+1;/p-1/t8-,9-,10+;/m0./s1. The highest BCUT2D eigenvalue weighted by Crippen LogP contribution is 2.31. The van der Waals surface area contributed by atoms with E-state index in [1.54, 1.807) is 0 Å². The van der Waals surface area contributed by atoms with Gasteiger partial charge in [0.15, 0.2) is 0 Å². The van der Waals surface area contributed by atoms with Crippen LogP contribution in [0.2, 0.25) is 0 Å². The van der Waals surface area contributed by atoms with Crippen LogP contribution in [0.1, 0.15) is 19.8 Å². The van der Waals surface area contributed by atoms with Gasteiger partial charge in [0.05, 0.1) is 33.8 Å². The van der Waals surface area contributed by atoms with Gasteiger partial charge in [-0.05, 0) is 18.8 Å². The van der Waals surface area contributed by atoms with Crippen molar-refractivity contribution in [1.29, 1.82) is 0 Å². The smallest absolute Gasteiger partial charge is 0.0834 e. The Morgan fingerprint density at radius 1 is 1.23 bits per heavy atom. The molecule has 0 aromatic rings. The molecule has 2 nitrogen and oxygen atoms in total. The summed E-state index contributed by atoms with van der Waals surface area (Å²) in [4.78, 5) is 0. The highest BCUT2D eigenvalue weighted by atomic mass is 127. The fraction of sp³-hybridized carbons (Fsp3) is 1.00. The van der Waals surface area contributed by atoms with E-state index in [4.69, 9.17) is 0 Å². The molecule has 0 amide bonds. The van der Waals surface area contributed by atoms with Gasteiger partial charge in [-0.3, -0.25) is 0 Å². The van der Waals surface area contributed by atoms with Crippen LogP contribution in [-0.2, 0) is 0 Å². The van der Waals surface area contributed by atoms with Gasteiger partial charge >= 0.3 is 0 Å². The van der Waals surface area contributed by atoms with Crippen molar-refractivity contribution in [3.05, 3.63) is 0 Å². The third-order valence-electron chi connectivity index (χ3n) is 2.84. The van der Waals surface area contributed by atoms with Crippen LogP contribution in [0.15, 0.2) is 0 Å². The van der Waals surface area contributed by atoms with E-state index in [2.05, 4.69) is 28.1 Å². The SMILES string of the molecule is C[C@H]1CC[C@@H](C[N+](C)(C)C)[C@@H]1O.[I-]. The summed E-state index contributed by atoms with van der Waals surface area (Å²) in [5.41, 5.74) is 0. The average molecular weight is 299 g/mol. The second-order valence-electron chi connectivity index (χ2n) is 5.28. The first-order valence-electron chi connectivity index (χ1n) is 4.88. The van der Waals surface area contributed by atoms with Gasteiger partial charge in [-0.1, -0.05) is 6.92 Å². The fourth-order valence-electron chi connectivity index (χ4n) is 2.19. The zero-order valence-corrected chi connectivity index (χ0v) is 11.3. The molecule has 0 saturated heterocycles. The van der Waals surface area contributed by atoms with Crippen molar-refractivity contribution in [2.24, 2.45) is 11.8 Å². The van der Waals surface area contributed by atoms with Crippen LogP contribution in [0, 0.1) is 11.8 Å². The zero-order chi connectivity index (χ0) is 9.35. The maximum absolute atomic E-state index is 9.81. The Morgan fingerprint density at radius 3 is 2.08 bits per heavy atom. The van der Waals surface area contributed by atoms with Gasteiger partial charge in [0.25, 0.3) is 0 Å². The predicted octanol–water partition coefficient (Wildman–Crippen LogP) is -1.90. The van der Waals surface area contributed by atoms with Gasteiger partial charge in [-0.15, -0.1) is 0 Å². The lowest BCUT2D eigenvalue weighted by Crippen LogP contribution is -3.00. The first kappa shape index (κ1) is 13.7. The summed E-state index contributed by atoms with van der Waals surface area (Å²) in [6, 6.07) is 0. The minimum Gasteiger partial charge on any atom is -1.00 e. The minimum absolute atomic E-state index is 0. The first-order valence-corrected chi connectivity index (χ1v) is 4.88. The Morgan fingerprint density at radius 2 is 1.77 bits per heavy atom. The summed E-state index contributed by atoms with van der Waals surface area (Å²) in [5, 5.41) is 9.81. The van der Waals surface area contributed by atoms with E-state index in [1.165, 1.54) is 12.8 Å². The summed E-state index contributed by atoms with van der Waals surface area (Å²) in [6.45, 7) is 3.26. The normalized spacial score (nSPS) is 34.4. The van der Waals surface area contributed by atoms with E-state index < -0.39 is 0 Å². The maximum atomic E-state index is 9.81. The quantitative estimate of drug-likeness (QED) is 0.467. The number of hydrogen-bond donors (Lipinski definition) is 1. The number of rotatable bonds is 2. The molecule has 0 bridgehead atoms. The van der Waals surface area contributed by atoms with E-state index in [1.807, 2.05) is 0 Å². The number of quaternary nitrogens is 1. The molecule has 0 heterocycles. The Balaban J connectivity index is 0.00000144. The lowest BCUT2D eigenvalue weighted by Gasteiger charge is -2.29. The van der Waals surface area contributed by atoms with Gasteiger partial charge < -0.3 is 33.6 Å². The van der Waals surface area contributed by atoms with Crippen LogP contribution in [0.5, 0.6) is 0 Å². The zero-order valence-electron chi connectivity index (χ0n) is 9.13. The number of hydrogen-bond acceptors (Lipinski definition) is 1. The predicted molar refractivity (Wildman–Crippen MR) is 50.8 cm³/mol. The molecule has 0 aromatic heterocycles. The van der Waals surface area contributed by atoms with Crippen LogP contribution in [-0.4, -0.2) is 43.4 Å². The van der Waals surface area contributed by atoms with Crippen molar-refractivity contribution in [2.45, 2.75) is 25.9 Å². The lowest BCUT2D eigenvalue weighted by atomic mass is 10.0. The molecule has 3 atom stereocenters. The van der Waals surface area contributed by atoms with Crippen molar-refractivity contribution >= 4 is 0 Å². The molecule has 0 spiro atoms. The number of halogens is 1. The summed E-state index contributed by atoms with van der Waals surface area (Å²) in [6.07, 6.45) is 2.35. The van der Waals surface area contributed by atoms with Crippen molar-refractivity contribution in [2.75, 3.05) is 27.7 Å². The first-order chi connectivity index (χ1) is 5.40. The highest BCUT2D eigenvalue weighted by Gasteiger charge is 2.34. The summed E-state index contributed by atoms with van der Waals surface area (Å²) >= 11 is 0. The maximum Gasteiger partial charge on any atom is 0.0834 e. The van der Waals surface area contributed by atoms with Crippen molar-refractivity contribution in [3.8, 4) is 0 Å². The molecule has 0 radical (unpaired) electrons. The molecule has 0 aliphatic heterocycles. The third-order valence-corrected chi connectivity index (χ3v) is 2.84. The van der Waals surface area contributed by atoms with E-state index in [0.29, 0.717) is 11.8 Å². The average Bonchev–Trinajstić information content (AvgIpc) is 2.16. The summed E-state index contributed by atoms with van der Waals surface area (Å²) in [5.74, 6) is 1.04. The summed E-state index contributed by atoms with van der Waals surface area (Å²) < 4.78 is 0.967. The fourth-order valence-corrected chi connectivity index (χ4v) is 2.19. The largest absolute Gasteiger partial charge is 1.00 e. The van der Waals surface area contributed by atoms with Gasteiger partial charge in [-0.25, -0.2) is 0 Å². The molecule has 3 heteroatoms. The van der Waals surface area contributed by atoms with E-state index in [-0.39, 0.29) is 30.1 Å². The molecule has 0 aromatic carbocycles. The molecular formula is C10H22INO. The number of nitrogens with zero attached hydrogens (tertiary/aromatic N) is 1. The van der Waals surface area contributed by atoms with Crippen LogP contribution in [0.25, 0.3) is 0 Å². The molecule has 1 saturated carbocycles. The Bertz CT molecular complexity index is 155. The van der Waals surface area contributed by atoms with Gasteiger partial charge in [0.1, 0.15) is 0 Å². The Hall–Kier alpha value is 0.650. The van der Waals surface area contributed by atoms with Crippen LogP contribution >= 0.6 is 0 Å². The third kappa shape index (κ3) is 4.13. The van der Waals surface area contributed by atoms with Crippen LogP contribution in [0.4, 0.5) is 0 Å². The molecule has 1 aliphatic carbocycles. The Labute approximate surface area is 98.9 Å².